The van der Waals surface area contributed by atoms with E-state index in [0.717, 1.165) is 5.56 Å². The van der Waals surface area contributed by atoms with Crippen molar-refractivity contribution in [1.29, 1.82) is 0 Å². The van der Waals surface area contributed by atoms with Crippen LogP contribution in [-0.2, 0) is 25.6 Å². The van der Waals surface area contributed by atoms with E-state index in [-0.39, 0.29) is 51.1 Å². The number of carboxylic acids is 1. The van der Waals surface area contributed by atoms with Crippen molar-refractivity contribution in [3.63, 3.8) is 0 Å². The Morgan fingerprint density at radius 2 is 1.58 bits per heavy atom. The second-order valence-electron chi connectivity index (χ2n) is 9.82. The number of amides is 3. The number of aliphatic carboxylic acids is 1. The molecule has 1 aliphatic rings. The van der Waals surface area contributed by atoms with Gasteiger partial charge in [0.1, 0.15) is 17.6 Å². The lowest BCUT2D eigenvalue weighted by Gasteiger charge is -2.38. The maximum absolute atomic E-state index is 13.3. The Balaban J connectivity index is 2.07. The highest BCUT2D eigenvalue weighted by atomic mass is 19.1. The zero-order valence-electron chi connectivity index (χ0n) is 21.7. The predicted molar refractivity (Wildman–Crippen MR) is 140 cm³/mol. The molecule has 0 aliphatic carbocycles. The Hall–Kier alpha value is -3.09. The largest absolute Gasteiger partial charge is 0.480 e. The molecular weight excluding hydrogens is 495 g/mol. The van der Waals surface area contributed by atoms with Crippen molar-refractivity contribution in [3.05, 3.63) is 35.9 Å². The molecule has 0 spiro atoms. The number of nitrogens with two attached hydrogens (primary N) is 3. The van der Waals surface area contributed by atoms with Crippen molar-refractivity contribution in [2.45, 2.75) is 75.0 Å². The molecule has 1 saturated heterocycles. The minimum atomic E-state index is -1.39. The van der Waals surface area contributed by atoms with Crippen molar-refractivity contribution in [3.8, 4) is 0 Å². The van der Waals surface area contributed by atoms with Gasteiger partial charge in [0.15, 0.2) is 0 Å². The van der Waals surface area contributed by atoms with Crippen LogP contribution in [0.3, 0.4) is 0 Å². The van der Waals surface area contributed by atoms with Gasteiger partial charge >= 0.3 is 5.97 Å². The summed E-state index contributed by atoms with van der Waals surface area (Å²) in [6.07, 6.45) is 2.03. The fraction of sp³-hybridized carbons (Fsp3) is 0.615. The number of carbonyl (C=O) groups is 4. The highest BCUT2D eigenvalue weighted by molar-refractivity contribution is 5.93. The minimum absolute atomic E-state index is 0.0356. The van der Waals surface area contributed by atoms with Crippen LogP contribution in [0.25, 0.3) is 0 Å². The van der Waals surface area contributed by atoms with Gasteiger partial charge in [-0.3, -0.25) is 23.6 Å². The minimum Gasteiger partial charge on any atom is -0.480 e. The summed E-state index contributed by atoms with van der Waals surface area (Å²) >= 11 is 0. The van der Waals surface area contributed by atoms with E-state index in [2.05, 4.69) is 10.6 Å². The van der Waals surface area contributed by atoms with Crippen molar-refractivity contribution in [2.75, 3.05) is 26.3 Å². The van der Waals surface area contributed by atoms with Gasteiger partial charge in [0, 0.05) is 13.1 Å². The fourth-order valence-electron chi connectivity index (χ4n) is 4.37. The number of hydrogen-bond acceptors (Lipinski definition) is 7. The van der Waals surface area contributed by atoms with E-state index in [1.165, 1.54) is 4.90 Å². The van der Waals surface area contributed by atoms with Crippen LogP contribution in [0.4, 0.5) is 4.39 Å². The summed E-state index contributed by atoms with van der Waals surface area (Å²) in [4.78, 5) is 52.2. The van der Waals surface area contributed by atoms with Gasteiger partial charge in [-0.05, 0) is 63.5 Å². The Bertz CT molecular complexity index is 926. The molecule has 3 atom stereocenters. The predicted octanol–water partition coefficient (Wildman–Crippen LogP) is -0.191. The number of halogens is 1. The van der Waals surface area contributed by atoms with Crippen molar-refractivity contribution < 1.29 is 28.7 Å². The summed E-state index contributed by atoms with van der Waals surface area (Å²) in [6, 6.07) is 6.28. The van der Waals surface area contributed by atoms with E-state index in [9.17, 15) is 28.7 Å². The third-order valence-electron chi connectivity index (χ3n) is 6.85. The number of piperidine rings is 1. The molecular formula is C26H41FN6O5. The molecule has 1 fully saturated rings. The third-order valence-corrected chi connectivity index (χ3v) is 6.85. The SMILES string of the molecule is NCCCC[C@@H](NC(=O)C(CCCF)NC(=O)[C@H](N)Cc1ccccc1)C(=O)N1CCC(N)(C(=O)O)CC1. The van der Waals surface area contributed by atoms with E-state index in [4.69, 9.17) is 17.2 Å². The number of nitrogens with one attached hydrogen (secondary N) is 2. The van der Waals surface area contributed by atoms with Crippen molar-refractivity contribution in [1.82, 2.24) is 15.5 Å². The molecule has 1 unspecified atom stereocenters. The monoisotopic (exact) mass is 536 g/mol. The molecule has 0 radical (unpaired) electrons. The maximum Gasteiger partial charge on any atom is 0.323 e. The lowest BCUT2D eigenvalue weighted by Crippen LogP contribution is -2.60. The summed E-state index contributed by atoms with van der Waals surface area (Å²) in [5, 5.41) is 14.7. The normalized spacial score (nSPS) is 17.2. The molecule has 1 aromatic carbocycles. The van der Waals surface area contributed by atoms with E-state index in [1.54, 1.807) is 0 Å². The van der Waals surface area contributed by atoms with Crippen molar-refractivity contribution in [2.24, 2.45) is 17.2 Å². The average molecular weight is 537 g/mol. The molecule has 1 aromatic rings. The second-order valence-corrected chi connectivity index (χ2v) is 9.82. The number of hydrogen-bond donors (Lipinski definition) is 6. The zero-order valence-corrected chi connectivity index (χ0v) is 21.7. The number of unbranched alkanes of at least 4 members (excludes halogenated alkanes) is 1. The van der Waals surface area contributed by atoms with Crippen LogP contribution in [0.5, 0.6) is 0 Å². The van der Waals surface area contributed by atoms with Crippen LogP contribution in [0.2, 0.25) is 0 Å². The molecule has 0 aromatic heterocycles. The first-order valence-corrected chi connectivity index (χ1v) is 13.1. The van der Waals surface area contributed by atoms with Gasteiger partial charge in [-0.2, -0.15) is 0 Å². The zero-order chi connectivity index (χ0) is 28.1. The van der Waals surface area contributed by atoms with Crippen LogP contribution in [0, 0.1) is 0 Å². The Morgan fingerprint density at radius 1 is 0.974 bits per heavy atom. The van der Waals surface area contributed by atoms with Crippen LogP contribution in [0.15, 0.2) is 30.3 Å². The highest BCUT2D eigenvalue weighted by Gasteiger charge is 2.40. The lowest BCUT2D eigenvalue weighted by atomic mass is 9.88. The van der Waals surface area contributed by atoms with Gasteiger partial charge < -0.3 is 37.8 Å². The molecule has 1 aliphatic heterocycles. The second kappa shape index (κ2) is 15.4. The third kappa shape index (κ3) is 9.34. The first kappa shape index (κ1) is 31.1. The van der Waals surface area contributed by atoms with Gasteiger partial charge in [-0.25, -0.2) is 0 Å². The molecule has 1 heterocycles. The van der Waals surface area contributed by atoms with Crippen LogP contribution >= 0.6 is 0 Å². The van der Waals surface area contributed by atoms with E-state index < -0.39 is 48.1 Å². The summed E-state index contributed by atoms with van der Waals surface area (Å²) in [5.74, 6) is -2.64. The van der Waals surface area contributed by atoms with Gasteiger partial charge in [-0.1, -0.05) is 30.3 Å². The van der Waals surface area contributed by atoms with Crippen molar-refractivity contribution >= 4 is 23.7 Å². The molecule has 3 amide bonds. The Labute approximate surface area is 222 Å². The van der Waals surface area contributed by atoms with Crippen LogP contribution in [0.1, 0.15) is 50.5 Å². The summed E-state index contributed by atoms with van der Waals surface area (Å²) in [7, 11) is 0. The Kier molecular flexibility index (Phi) is 12.6. The molecule has 11 nitrogen and oxygen atoms in total. The number of alkyl halides is 1. The van der Waals surface area contributed by atoms with Crippen LogP contribution < -0.4 is 27.8 Å². The smallest absolute Gasteiger partial charge is 0.323 e. The van der Waals surface area contributed by atoms with Gasteiger partial charge in [0.25, 0.3) is 0 Å². The number of carboxylic acid groups (broad SMARTS) is 1. The van der Waals surface area contributed by atoms with Crippen LogP contribution in [-0.4, -0.2) is 83.7 Å². The topological polar surface area (TPSA) is 194 Å². The van der Waals surface area contributed by atoms with E-state index in [0.29, 0.717) is 25.8 Å². The van der Waals surface area contributed by atoms with Gasteiger partial charge in [0.2, 0.25) is 17.7 Å². The average Bonchev–Trinajstić information content (AvgIpc) is 2.90. The molecule has 12 heteroatoms. The summed E-state index contributed by atoms with van der Waals surface area (Å²) in [5.41, 5.74) is 17.0. The maximum atomic E-state index is 13.3. The molecule has 0 bridgehead atoms. The summed E-state index contributed by atoms with van der Waals surface area (Å²) in [6.45, 7) is 0.0244. The summed E-state index contributed by atoms with van der Waals surface area (Å²) < 4.78 is 13.0. The first-order valence-electron chi connectivity index (χ1n) is 13.1. The first-order chi connectivity index (χ1) is 18.1. The number of rotatable bonds is 15. The number of nitrogens with zero attached hydrogens (tertiary/aromatic N) is 1. The number of carbonyl (C=O) groups excluding carboxylic acids is 3. The van der Waals surface area contributed by atoms with Gasteiger partial charge in [0.05, 0.1) is 12.7 Å². The Morgan fingerprint density at radius 3 is 2.16 bits per heavy atom. The number of likely N-dealkylation sites (tertiary alicyclic amines) is 1. The fourth-order valence-corrected chi connectivity index (χ4v) is 4.37. The lowest BCUT2D eigenvalue weighted by molar-refractivity contribution is -0.148. The standard InChI is InChI=1S/C26H41FN6O5/c27-13-6-10-20(31-22(34)19(29)17-18-7-2-1-3-8-18)23(35)32-21(9-4-5-14-28)24(36)33-15-11-26(30,12-16-33)25(37)38/h1-3,7-8,19-21H,4-6,9-17,28-30H2,(H,31,34)(H,32,35)(H,37,38)/t19-,20?,21-/m1/s1. The quantitative estimate of drug-likeness (QED) is 0.166. The van der Waals surface area contributed by atoms with Gasteiger partial charge in [-0.15, -0.1) is 0 Å². The molecule has 2 rings (SSSR count). The van der Waals surface area contributed by atoms with E-state index >= 15 is 0 Å². The highest BCUT2D eigenvalue weighted by Crippen LogP contribution is 2.21. The molecule has 9 N–H and O–H groups in total. The number of benzene rings is 1. The molecule has 38 heavy (non-hydrogen) atoms. The molecule has 0 saturated carbocycles. The van der Waals surface area contributed by atoms with E-state index in [1.807, 2.05) is 30.3 Å². The molecule has 212 valence electrons.